The molecule has 1 heterocycles. The first-order valence-corrected chi connectivity index (χ1v) is 9.64. The van der Waals surface area contributed by atoms with Crippen molar-refractivity contribution >= 4 is 39.2 Å². The van der Waals surface area contributed by atoms with Gasteiger partial charge in [0.25, 0.3) is 0 Å². The van der Waals surface area contributed by atoms with Gasteiger partial charge in [0.15, 0.2) is 5.58 Å². The highest BCUT2D eigenvalue weighted by Gasteiger charge is 2.30. The van der Waals surface area contributed by atoms with E-state index in [1.807, 2.05) is 0 Å². The zero-order chi connectivity index (χ0) is 21.5. The molecule has 0 atom stereocenters. The van der Waals surface area contributed by atoms with Crippen molar-refractivity contribution < 1.29 is 27.1 Å². The summed E-state index contributed by atoms with van der Waals surface area (Å²) in [5.74, 6) is -0.706. The lowest BCUT2D eigenvalue weighted by Gasteiger charge is -2.11. The summed E-state index contributed by atoms with van der Waals surface area (Å²) in [6.07, 6.45) is -4.54. The lowest BCUT2D eigenvalue weighted by molar-refractivity contribution is -0.137. The fourth-order valence-corrected chi connectivity index (χ4v) is 3.81. The highest BCUT2D eigenvalue weighted by atomic mass is 35.5. The van der Waals surface area contributed by atoms with Crippen LogP contribution in [0.1, 0.15) is 15.9 Å². The number of fused-ring (bicyclic) bond motifs is 1. The molecule has 0 bridgehead atoms. The van der Waals surface area contributed by atoms with Gasteiger partial charge in [-0.3, -0.25) is 0 Å². The van der Waals surface area contributed by atoms with E-state index in [0.29, 0.717) is 4.70 Å². The minimum absolute atomic E-state index is 0.0388. The molecule has 1 aromatic heterocycles. The van der Waals surface area contributed by atoms with Crippen molar-refractivity contribution in [2.24, 2.45) is 0 Å². The van der Waals surface area contributed by atoms with E-state index in [1.54, 1.807) is 12.1 Å². The Hall–Kier alpha value is -3.10. The molecule has 4 aromatic rings. The normalized spacial score (nSPS) is 11.6. The summed E-state index contributed by atoms with van der Waals surface area (Å²) in [6, 6.07) is 13.6. The van der Waals surface area contributed by atoms with Crippen LogP contribution in [0.2, 0.25) is 5.02 Å². The summed E-state index contributed by atoms with van der Waals surface area (Å²) in [5, 5.41) is 0.189. The number of benzene rings is 3. The van der Waals surface area contributed by atoms with E-state index in [-0.39, 0.29) is 33.0 Å². The largest absolute Gasteiger partial charge is 0.423 e. The molecule has 4 nitrogen and oxygen atoms in total. The van der Waals surface area contributed by atoms with E-state index in [4.69, 9.17) is 20.8 Å². The van der Waals surface area contributed by atoms with Crippen LogP contribution in [0.4, 0.5) is 13.2 Å². The number of carbonyl (C=O) groups is 1. The van der Waals surface area contributed by atoms with Gasteiger partial charge in [0, 0.05) is 11.6 Å². The van der Waals surface area contributed by atoms with Crippen LogP contribution in [0.3, 0.4) is 0 Å². The highest BCUT2D eigenvalue weighted by molar-refractivity contribution is 7.16. The first-order valence-electron chi connectivity index (χ1n) is 8.44. The SMILES string of the molecule is O=C(Oc1cc(-c2cccc(C(F)(F)F)c2)c2oc(=O)sc2c1)c1ccccc1Cl. The van der Waals surface area contributed by atoms with E-state index >= 15 is 0 Å². The third-order valence-corrected chi connectivity index (χ3v) is 5.32. The van der Waals surface area contributed by atoms with Crippen LogP contribution in [-0.4, -0.2) is 5.97 Å². The third kappa shape index (κ3) is 3.96. The van der Waals surface area contributed by atoms with Gasteiger partial charge in [-0.15, -0.1) is 0 Å². The Morgan fingerprint density at radius 1 is 1.03 bits per heavy atom. The first kappa shape index (κ1) is 20.2. The molecule has 0 amide bonds. The van der Waals surface area contributed by atoms with Crippen molar-refractivity contribution in [3.63, 3.8) is 0 Å². The second-order valence-corrected chi connectivity index (χ2v) is 7.58. The average molecular weight is 451 g/mol. The quantitative estimate of drug-likeness (QED) is 0.267. The molecule has 9 heteroatoms. The molecule has 0 unspecified atom stereocenters. The van der Waals surface area contributed by atoms with Gasteiger partial charge in [-0.2, -0.15) is 13.2 Å². The minimum Gasteiger partial charge on any atom is -0.423 e. The second kappa shape index (κ2) is 7.62. The van der Waals surface area contributed by atoms with Crippen molar-refractivity contribution in [1.29, 1.82) is 0 Å². The van der Waals surface area contributed by atoms with Crippen LogP contribution < -0.4 is 9.68 Å². The lowest BCUT2D eigenvalue weighted by atomic mass is 10.0. The summed E-state index contributed by atoms with van der Waals surface area (Å²) in [7, 11) is 0. The average Bonchev–Trinajstić information content (AvgIpc) is 3.07. The molecule has 0 fully saturated rings. The summed E-state index contributed by atoms with van der Waals surface area (Å²) in [4.78, 5) is 23.6. The number of rotatable bonds is 3. The number of hydrogen-bond donors (Lipinski definition) is 0. The standard InChI is InChI=1S/C21H10ClF3O4S/c22-16-7-2-1-6-14(16)19(26)28-13-9-15(18-17(10-13)30-20(27)29-18)11-4-3-5-12(8-11)21(23,24)25/h1-10H. The molecule has 3 aromatic carbocycles. The molecule has 0 aliphatic heterocycles. The minimum atomic E-state index is -4.54. The number of hydrogen-bond acceptors (Lipinski definition) is 5. The molecule has 0 N–H and O–H groups in total. The Labute approximate surface area is 176 Å². The molecule has 0 spiro atoms. The summed E-state index contributed by atoms with van der Waals surface area (Å²) in [6.45, 7) is 0. The number of esters is 1. The Morgan fingerprint density at radius 2 is 1.80 bits per heavy atom. The number of halogens is 4. The fraction of sp³-hybridized carbons (Fsp3) is 0.0476. The Morgan fingerprint density at radius 3 is 2.53 bits per heavy atom. The van der Waals surface area contributed by atoms with Gasteiger partial charge in [-0.05, 0) is 35.9 Å². The van der Waals surface area contributed by atoms with Crippen LogP contribution in [-0.2, 0) is 6.18 Å². The zero-order valence-corrected chi connectivity index (χ0v) is 16.4. The van der Waals surface area contributed by atoms with Gasteiger partial charge >= 0.3 is 17.1 Å². The topological polar surface area (TPSA) is 56.5 Å². The van der Waals surface area contributed by atoms with Crippen LogP contribution in [0.25, 0.3) is 21.4 Å². The molecule has 4 rings (SSSR count). The van der Waals surface area contributed by atoms with Gasteiger partial charge in [0.2, 0.25) is 0 Å². The summed E-state index contributed by atoms with van der Waals surface area (Å²) >= 11 is 6.76. The molecule has 0 radical (unpaired) electrons. The van der Waals surface area contributed by atoms with Gasteiger partial charge in [0.05, 0.1) is 20.8 Å². The summed E-state index contributed by atoms with van der Waals surface area (Å²) < 4.78 is 50.2. The second-order valence-electron chi connectivity index (χ2n) is 6.20. The van der Waals surface area contributed by atoms with E-state index in [1.165, 1.54) is 36.4 Å². The zero-order valence-electron chi connectivity index (χ0n) is 14.8. The van der Waals surface area contributed by atoms with Gasteiger partial charge in [-0.1, -0.05) is 47.2 Å². The number of alkyl halides is 3. The van der Waals surface area contributed by atoms with Gasteiger partial charge < -0.3 is 9.15 Å². The van der Waals surface area contributed by atoms with Crippen LogP contribution in [0, 0.1) is 0 Å². The van der Waals surface area contributed by atoms with E-state index < -0.39 is 22.6 Å². The van der Waals surface area contributed by atoms with Crippen molar-refractivity contribution in [2.45, 2.75) is 6.18 Å². The van der Waals surface area contributed by atoms with E-state index in [2.05, 4.69) is 0 Å². The molecule has 152 valence electrons. The molecule has 0 aliphatic rings. The number of ether oxygens (including phenoxy) is 1. The van der Waals surface area contributed by atoms with Crippen LogP contribution in [0.15, 0.2) is 69.9 Å². The maximum Gasteiger partial charge on any atom is 0.416 e. The van der Waals surface area contributed by atoms with Crippen LogP contribution in [0.5, 0.6) is 5.75 Å². The highest BCUT2D eigenvalue weighted by Crippen LogP contribution is 2.37. The van der Waals surface area contributed by atoms with Gasteiger partial charge in [0.1, 0.15) is 5.75 Å². The first-order chi connectivity index (χ1) is 14.2. The van der Waals surface area contributed by atoms with Crippen LogP contribution >= 0.6 is 22.9 Å². The predicted octanol–water partition coefficient (Wildman–Crippen LogP) is 6.41. The maximum atomic E-state index is 13.1. The molecule has 0 saturated carbocycles. The Kier molecular flexibility index (Phi) is 5.13. The van der Waals surface area contributed by atoms with E-state index in [0.717, 1.165) is 23.5 Å². The van der Waals surface area contributed by atoms with Crippen molar-refractivity contribution in [3.05, 3.63) is 86.5 Å². The molecule has 30 heavy (non-hydrogen) atoms. The van der Waals surface area contributed by atoms with Crippen molar-refractivity contribution in [2.75, 3.05) is 0 Å². The summed E-state index contributed by atoms with van der Waals surface area (Å²) in [5.41, 5.74) is -0.266. The Bertz CT molecular complexity index is 1320. The molecular weight excluding hydrogens is 441 g/mol. The third-order valence-electron chi connectivity index (χ3n) is 4.21. The Balaban J connectivity index is 1.82. The monoisotopic (exact) mass is 450 g/mol. The van der Waals surface area contributed by atoms with Gasteiger partial charge in [-0.25, -0.2) is 9.59 Å². The molecule has 0 saturated heterocycles. The lowest BCUT2D eigenvalue weighted by Crippen LogP contribution is -2.09. The predicted molar refractivity (Wildman–Crippen MR) is 107 cm³/mol. The van der Waals surface area contributed by atoms with E-state index in [9.17, 15) is 22.8 Å². The number of carbonyl (C=O) groups excluding carboxylic acids is 1. The maximum absolute atomic E-state index is 13.1. The molecular formula is C21H10ClF3O4S. The van der Waals surface area contributed by atoms with Crippen molar-refractivity contribution in [3.8, 4) is 16.9 Å². The molecule has 0 aliphatic carbocycles. The van der Waals surface area contributed by atoms with Crippen molar-refractivity contribution in [1.82, 2.24) is 0 Å². The fourth-order valence-electron chi connectivity index (χ4n) is 2.88. The smallest absolute Gasteiger partial charge is 0.416 e.